The minimum absolute atomic E-state index is 0. The maximum Gasteiger partial charge on any atom is 1.00 e. The summed E-state index contributed by atoms with van der Waals surface area (Å²) in [5.74, 6) is 4.79. The number of hydrogen-bond acceptors (Lipinski definition) is 3. The molecule has 3 nitrogen and oxygen atoms in total. The average molecular weight is 397 g/mol. The van der Waals surface area contributed by atoms with E-state index in [0.29, 0.717) is 35.7 Å². The van der Waals surface area contributed by atoms with Crippen LogP contribution in [0.3, 0.4) is 0 Å². The molecule has 1 aromatic rings. The number of aliphatic hydroxyl groups is 1. The van der Waals surface area contributed by atoms with Gasteiger partial charge in [-0.15, -0.1) is 0 Å². The molecule has 1 N–H and O–H groups in total. The second-order valence-corrected chi connectivity index (χ2v) is 5.20. The normalized spacial score (nSPS) is 9.72. The quantitative estimate of drug-likeness (QED) is 0.584. The van der Waals surface area contributed by atoms with Crippen molar-refractivity contribution in [2.75, 3.05) is 0 Å². The number of aliphatic carboxylic acids is 1. The van der Waals surface area contributed by atoms with Crippen LogP contribution in [0.15, 0.2) is 18.2 Å². The molecule has 1 aromatic carbocycles. The zero-order chi connectivity index (χ0) is 19.0. The summed E-state index contributed by atoms with van der Waals surface area (Å²) in [4.78, 5) is 10.2. The molecule has 0 heterocycles. The van der Waals surface area contributed by atoms with Gasteiger partial charge in [-0.1, -0.05) is 62.7 Å². The van der Waals surface area contributed by atoms with Crippen LogP contribution in [-0.2, 0) is 4.79 Å². The van der Waals surface area contributed by atoms with Crippen molar-refractivity contribution in [2.45, 2.75) is 65.9 Å². The van der Waals surface area contributed by atoms with Gasteiger partial charge in [0, 0.05) is 18.0 Å². The molecule has 136 valence electrons. The van der Waals surface area contributed by atoms with Gasteiger partial charge in [0.2, 0.25) is 0 Å². The van der Waals surface area contributed by atoms with Crippen LogP contribution in [0.2, 0.25) is 10.0 Å². The molecule has 0 aliphatic carbocycles. The zero-order valence-corrected chi connectivity index (χ0v) is 19.4. The fourth-order valence-corrected chi connectivity index (χ4v) is 1.90. The van der Waals surface area contributed by atoms with Gasteiger partial charge in [-0.2, -0.15) is 0 Å². The SMILES string of the molecule is CC.CC.O=C([O-])CCCC(O)CCC#Cc1ccc(Cl)c(Cl)c1.[Na+]. The number of carboxylic acid groups (broad SMARTS) is 1. The van der Waals surface area contributed by atoms with E-state index in [-0.39, 0.29) is 36.0 Å². The molecule has 0 aliphatic rings. The molecule has 0 fully saturated rings. The Morgan fingerprint density at radius 3 is 2.28 bits per heavy atom. The van der Waals surface area contributed by atoms with Gasteiger partial charge in [0.1, 0.15) is 0 Å². The third-order valence-electron chi connectivity index (χ3n) is 2.67. The molecule has 0 amide bonds. The summed E-state index contributed by atoms with van der Waals surface area (Å²) >= 11 is 11.7. The zero-order valence-electron chi connectivity index (χ0n) is 15.9. The Hall–Kier alpha value is -0.210. The number of carboxylic acids is 1. The van der Waals surface area contributed by atoms with E-state index in [1.807, 2.05) is 27.7 Å². The molecule has 6 heteroatoms. The molecular weight excluding hydrogens is 370 g/mol. The number of carbonyl (C=O) groups is 1. The van der Waals surface area contributed by atoms with E-state index in [2.05, 4.69) is 11.8 Å². The molecule has 1 rings (SSSR count). The topological polar surface area (TPSA) is 60.4 Å². The molecule has 1 unspecified atom stereocenters. The van der Waals surface area contributed by atoms with Crippen LogP contribution in [0.25, 0.3) is 0 Å². The van der Waals surface area contributed by atoms with Gasteiger partial charge in [-0.05, 0) is 43.9 Å². The van der Waals surface area contributed by atoms with Gasteiger partial charge in [0.25, 0.3) is 0 Å². The summed E-state index contributed by atoms with van der Waals surface area (Å²) in [5, 5.41) is 20.8. The predicted molar refractivity (Wildman–Crippen MR) is 100 cm³/mol. The Morgan fingerprint density at radius 1 is 1.16 bits per heavy atom. The second kappa shape index (κ2) is 20.1. The van der Waals surface area contributed by atoms with E-state index in [1.165, 1.54) is 0 Å². The first-order chi connectivity index (χ1) is 11.5. The van der Waals surface area contributed by atoms with Crippen molar-refractivity contribution in [3.05, 3.63) is 33.8 Å². The van der Waals surface area contributed by atoms with Gasteiger partial charge in [-0.3, -0.25) is 0 Å². The van der Waals surface area contributed by atoms with Crippen molar-refractivity contribution in [3.63, 3.8) is 0 Å². The third kappa shape index (κ3) is 17.0. The Kier molecular flexibility index (Phi) is 23.8. The van der Waals surface area contributed by atoms with Crippen LogP contribution in [0.1, 0.15) is 65.4 Å². The molecule has 0 saturated heterocycles. The minimum Gasteiger partial charge on any atom is -0.550 e. The maximum absolute atomic E-state index is 10.2. The first-order valence-corrected chi connectivity index (χ1v) is 9.06. The maximum atomic E-state index is 10.2. The first-order valence-electron chi connectivity index (χ1n) is 8.31. The Bertz CT molecular complexity index is 525. The Morgan fingerprint density at radius 2 is 1.76 bits per heavy atom. The second-order valence-electron chi connectivity index (χ2n) is 4.39. The van der Waals surface area contributed by atoms with Crippen molar-refractivity contribution in [1.29, 1.82) is 0 Å². The summed E-state index contributed by atoms with van der Waals surface area (Å²) in [7, 11) is 0. The third-order valence-corrected chi connectivity index (χ3v) is 3.41. The summed E-state index contributed by atoms with van der Waals surface area (Å²) in [6.07, 6.45) is 1.36. The average Bonchev–Trinajstić information content (AvgIpc) is 2.58. The number of halogens is 2. The molecule has 0 spiro atoms. The standard InChI is InChI=1S/C15H16Cl2O3.2C2H6.Na/c16-13-9-8-11(10-14(13)17)4-1-2-5-12(18)6-3-7-15(19)20;2*1-2;/h8-10,12,18H,2-3,5-7H2,(H,19,20);2*1-2H3;/q;;;+1/p-1. The van der Waals surface area contributed by atoms with Crippen LogP contribution < -0.4 is 34.7 Å². The number of hydrogen-bond donors (Lipinski definition) is 1. The monoisotopic (exact) mass is 396 g/mol. The van der Waals surface area contributed by atoms with E-state index < -0.39 is 12.1 Å². The molecule has 0 aliphatic heterocycles. The van der Waals surface area contributed by atoms with Crippen molar-refractivity contribution < 1.29 is 44.6 Å². The van der Waals surface area contributed by atoms with Gasteiger partial charge in [-0.25, -0.2) is 0 Å². The number of rotatable bonds is 6. The molecule has 0 aromatic heterocycles. The molecule has 0 radical (unpaired) electrons. The van der Waals surface area contributed by atoms with Gasteiger partial charge >= 0.3 is 29.6 Å². The molecule has 1 atom stereocenters. The van der Waals surface area contributed by atoms with Crippen molar-refractivity contribution in [3.8, 4) is 11.8 Å². The van der Waals surface area contributed by atoms with Crippen LogP contribution in [0, 0.1) is 11.8 Å². The van der Waals surface area contributed by atoms with Gasteiger partial charge in [0.05, 0.1) is 16.1 Å². The van der Waals surface area contributed by atoms with Gasteiger partial charge < -0.3 is 15.0 Å². The van der Waals surface area contributed by atoms with Crippen LogP contribution in [0.5, 0.6) is 0 Å². The Labute approximate surface area is 184 Å². The van der Waals surface area contributed by atoms with Crippen LogP contribution in [0.4, 0.5) is 0 Å². The van der Waals surface area contributed by atoms with Crippen LogP contribution in [-0.4, -0.2) is 17.2 Å². The number of aliphatic hydroxyl groups excluding tert-OH is 1. The van der Waals surface area contributed by atoms with E-state index in [0.717, 1.165) is 5.56 Å². The fourth-order valence-electron chi connectivity index (χ4n) is 1.60. The number of benzene rings is 1. The van der Waals surface area contributed by atoms with E-state index in [4.69, 9.17) is 23.2 Å². The van der Waals surface area contributed by atoms with E-state index in [1.54, 1.807) is 18.2 Å². The van der Waals surface area contributed by atoms with Crippen molar-refractivity contribution in [2.24, 2.45) is 0 Å². The van der Waals surface area contributed by atoms with Crippen molar-refractivity contribution >= 4 is 29.2 Å². The fraction of sp³-hybridized carbons (Fsp3) is 0.526. The van der Waals surface area contributed by atoms with E-state index >= 15 is 0 Å². The Balaban J connectivity index is -0.000000899. The number of carbonyl (C=O) groups excluding carboxylic acids is 1. The summed E-state index contributed by atoms with van der Waals surface area (Å²) in [5.41, 5.74) is 0.769. The smallest absolute Gasteiger partial charge is 0.550 e. The first kappa shape index (κ1) is 29.5. The predicted octanol–water partition coefficient (Wildman–Crippen LogP) is 1.46. The van der Waals surface area contributed by atoms with Crippen molar-refractivity contribution in [1.82, 2.24) is 0 Å². The molecule has 0 bridgehead atoms. The van der Waals surface area contributed by atoms with E-state index in [9.17, 15) is 15.0 Å². The van der Waals surface area contributed by atoms with Gasteiger partial charge in [0.15, 0.2) is 0 Å². The summed E-state index contributed by atoms with van der Waals surface area (Å²) in [6.45, 7) is 8.00. The summed E-state index contributed by atoms with van der Waals surface area (Å²) < 4.78 is 0. The largest absolute Gasteiger partial charge is 1.00 e. The molecule has 25 heavy (non-hydrogen) atoms. The molecule has 0 saturated carbocycles. The minimum atomic E-state index is -1.09. The molecular formula is C19H27Cl2NaO3. The summed E-state index contributed by atoms with van der Waals surface area (Å²) in [6, 6.07) is 5.15. The van der Waals surface area contributed by atoms with Crippen LogP contribution >= 0.6 is 23.2 Å².